The Morgan fingerprint density at radius 1 is 0.789 bits per heavy atom. The van der Waals surface area contributed by atoms with E-state index in [1.807, 2.05) is 13.8 Å². The van der Waals surface area contributed by atoms with Crippen LogP contribution in [0.1, 0.15) is 53.1 Å². The van der Waals surface area contributed by atoms with Gasteiger partial charge in [0.1, 0.15) is 5.58 Å². The third-order valence-corrected chi connectivity index (χ3v) is 4.33. The molecule has 0 fully saturated rings. The van der Waals surface area contributed by atoms with Gasteiger partial charge in [-0.05, 0) is 68.4 Å². The molecule has 2 nitrogen and oxygen atoms in total. The third-order valence-electron chi connectivity index (χ3n) is 4.33. The lowest BCUT2D eigenvalue weighted by Gasteiger charge is -2.19. The molecule has 0 aliphatic heterocycles. The summed E-state index contributed by atoms with van der Waals surface area (Å²) in [5.74, 6) is 0.426. The van der Waals surface area contributed by atoms with Crippen molar-refractivity contribution < 1.29 is 4.42 Å². The van der Waals surface area contributed by atoms with Gasteiger partial charge in [-0.15, -0.1) is 0 Å². The highest BCUT2D eigenvalue weighted by atomic mass is 16.4. The zero-order chi connectivity index (χ0) is 14.5. The van der Waals surface area contributed by atoms with Crippen molar-refractivity contribution in [1.29, 1.82) is 0 Å². The van der Waals surface area contributed by atoms with Crippen LogP contribution in [0.4, 0.5) is 0 Å². The summed E-state index contributed by atoms with van der Waals surface area (Å²) in [4.78, 5) is 11.9. The quantitative estimate of drug-likeness (QED) is 0.707. The molecule has 2 heteroatoms. The van der Waals surface area contributed by atoms with Crippen molar-refractivity contribution in [2.75, 3.05) is 0 Å². The van der Waals surface area contributed by atoms with E-state index in [0.717, 1.165) is 22.1 Å². The van der Waals surface area contributed by atoms with Crippen molar-refractivity contribution in [3.63, 3.8) is 0 Å². The van der Waals surface area contributed by atoms with Crippen LogP contribution >= 0.6 is 0 Å². The number of aryl methyl sites for hydroxylation is 3. The van der Waals surface area contributed by atoms with Gasteiger partial charge in [-0.1, -0.05) is 13.8 Å². The molecule has 2 rings (SSSR count). The number of hydrogen-bond acceptors (Lipinski definition) is 2. The number of benzene rings is 1. The topological polar surface area (TPSA) is 30.2 Å². The van der Waals surface area contributed by atoms with Gasteiger partial charge in [0.15, 0.2) is 0 Å². The van der Waals surface area contributed by atoms with E-state index in [9.17, 15) is 4.79 Å². The second-order valence-corrected chi connectivity index (χ2v) is 5.79. The first-order valence-corrected chi connectivity index (χ1v) is 6.81. The van der Waals surface area contributed by atoms with Gasteiger partial charge in [0.2, 0.25) is 0 Å². The molecule has 0 unspecified atom stereocenters. The molecule has 0 saturated heterocycles. The second kappa shape index (κ2) is 4.52. The third kappa shape index (κ3) is 1.90. The summed E-state index contributed by atoms with van der Waals surface area (Å²) in [6.07, 6.45) is 0. The Bertz CT molecular complexity index is 719. The van der Waals surface area contributed by atoms with Crippen LogP contribution in [-0.4, -0.2) is 0 Å². The number of hydrogen-bond donors (Lipinski definition) is 0. The van der Waals surface area contributed by atoms with E-state index in [1.165, 1.54) is 16.7 Å². The van der Waals surface area contributed by atoms with E-state index in [2.05, 4.69) is 34.6 Å². The molecule has 0 spiro atoms. The van der Waals surface area contributed by atoms with Gasteiger partial charge in [0, 0.05) is 10.9 Å². The Labute approximate surface area is 114 Å². The Morgan fingerprint density at radius 3 is 1.84 bits per heavy atom. The summed E-state index contributed by atoms with van der Waals surface area (Å²) in [6.45, 7) is 14.5. The molecule has 0 aliphatic rings. The lowest BCUT2D eigenvalue weighted by Crippen LogP contribution is -2.09. The first kappa shape index (κ1) is 13.9. The first-order valence-electron chi connectivity index (χ1n) is 6.81. The van der Waals surface area contributed by atoms with Crippen molar-refractivity contribution in [3.05, 3.63) is 43.8 Å². The predicted octanol–water partition coefficient (Wildman–Crippen LogP) is 4.46. The average molecular weight is 258 g/mol. The molecule has 0 radical (unpaired) electrons. The zero-order valence-corrected chi connectivity index (χ0v) is 12.9. The molecule has 102 valence electrons. The van der Waals surface area contributed by atoms with Gasteiger partial charge in [-0.2, -0.15) is 0 Å². The molecule has 19 heavy (non-hydrogen) atoms. The average Bonchev–Trinajstić information content (AvgIpc) is 2.32. The van der Waals surface area contributed by atoms with Crippen LogP contribution in [0.3, 0.4) is 0 Å². The van der Waals surface area contributed by atoms with E-state index in [0.29, 0.717) is 11.5 Å². The van der Waals surface area contributed by atoms with Gasteiger partial charge in [0.05, 0.1) is 0 Å². The highest BCUT2D eigenvalue weighted by Gasteiger charge is 2.19. The van der Waals surface area contributed by atoms with Gasteiger partial charge >= 0.3 is 5.63 Å². The zero-order valence-electron chi connectivity index (χ0n) is 12.9. The van der Waals surface area contributed by atoms with E-state index < -0.39 is 0 Å². The molecule has 0 amide bonds. The minimum absolute atomic E-state index is 0.217. The predicted molar refractivity (Wildman–Crippen MR) is 80.3 cm³/mol. The van der Waals surface area contributed by atoms with Crippen LogP contribution < -0.4 is 5.63 Å². The molecule has 0 aliphatic carbocycles. The molecule has 0 bridgehead atoms. The molecule has 1 heterocycles. The summed E-state index contributed by atoms with van der Waals surface area (Å²) >= 11 is 0. The van der Waals surface area contributed by atoms with Crippen LogP contribution in [0.15, 0.2) is 9.21 Å². The Hall–Kier alpha value is -1.57. The Kier molecular flexibility index (Phi) is 3.29. The molecule has 0 saturated carbocycles. The van der Waals surface area contributed by atoms with Gasteiger partial charge in [-0.25, -0.2) is 4.79 Å². The molecule has 1 aromatic heterocycles. The van der Waals surface area contributed by atoms with E-state index >= 15 is 0 Å². The smallest absolute Gasteiger partial charge is 0.339 e. The highest BCUT2D eigenvalue weighted by Crippen LogP contribution is 2.35. The maximum Gasteiger partial charge on any atom is 0.339 e. The Morgan fingerprint density at radius 2 is 1.32 bits per heavy atom. The van der Waals surface area contributed by atoms with Gasteiger partial charge < -0.3 is 4.42 Å². The van der Waals surface area contributed by atoms with Crippen LogP contribution in [0.25, 0.3) is 11.0 Å². The van der Waals surface area contributed by atoms with Crippen molar-refractivity contribution >= 4 is 11.0 Å². The highest BCUT2D eigenvalue weighted by molar-refractivity contribution is 5.89. The van der Waals surface area contributed by atoms with E-state index in [1.54, 1.807) is 0 Å². The normalized spacial score (nSPS) is 11.6. The number of fused-ring (bicyclic) bond motifs is 1. The van der Waals surface area contributed by atoms with Crippen LogP contribution in [0.5, 0.6) is 0 Å². The summed E-state index contributed by atoms with van der Waals surface area (Å²) in [6, 6.07) is 0. The van der Waals surface area contributed by atoms with Gasteiger partial charge in [0.25, 0.3) is 0 Å². The minimum atomic E-state index is -0.217. The molecule has 2 aromatic rings. The van der Waals surface area contributed by atoms with Crippen molar-refractivity contribution in [2.24, 2.45) is 0 Å². The molecule has 0 atom stereocenters. The summed E-state index contributed by atoms with van der Waals surface area (Å²) in [5.41, 5.74) is 7.26. The van der Waals surface area contributed by atoms with E-state index in [4.69, 9.17) is 4.42 Å². The fourth-order valence-electron chi connectivity index (χ4n) is 3.11. The SMILES string of the molecule is Cc1c(C(C)C)c(C)c2oc(=O)c(C)c(C)c2c1C. The summed E-state index contributed by atoms with van der Waals surface area (Å²) < 4.78 is 5.58. The molecular formula is C17H22O2. The van der Waals surface area contributed by atoms with E-state index in [-0.39, 0.29) is 5.63 Å². The molecule has 1 aromatic carbocycles. The lowest BCUT2D eigenvalue weighted by atomic mass is 9.86. The van der Waals surface area contributed by atoms with Crippen LogP contribution in [-0.2, 0) is 0 Å². The monoisotopic (exact) mass is 258 g/mol. The second-order valence-electron chi connectivity index (χ2n) is 5.79. The largest absolute Gasteiger partial charge is 0.422 e. The number of rotatable bonds is 1. The summed E-state index contributed by atoms with van der Waals surface area (Å²) in [7, 11) is 0. The Balaban J connectivity index is 3.12. The first-order chi connectivity index (χ1) is 8.77. The van der Waals surface area contributed by atoms with Crippen LogP contribution in [0.2, 0.25) is 0 Å². The minimum Gasteiger partial charge on any atom is -0.422 e. The maximum atomic E-state index is 11.9. The molecular weight excluding hydrogens is 236 g/mol. The van der Waals surface area contributed by atoms with Gasteiger partial charge in [-0.3, -0.25) is 0 Å². The lowest BCUT2D eigenvalue weighted by molar-refractivity contribution is 0.550. The van der Waals surface area contributed by atoms with Crippen molar-refractivity contribution in [1.82, 2.24) is 0 Å². The summed E-state index contributed by atoms with van der Waals surface area (Å²) in [5, 5.41) is 1.11. The van der Waals surface area contributed by atoms with Crippen LogP contribution in [0, 0.1) is 34.6 Å². The molecule has 0 N–H and O–H groups in total. The fourth-order valence-corrected chi connectivity index (χ4v) is 3.11. The van der Waals surface area contributed by atoms with Crippen molar-refractivity contribution in [3.8, 4) is 0 Å². The fraction of sp³-hybridized carbons (Fsp3) is 0.471. The maximum absolute atomic E-state index is 11.9. The van der Waals surface area contributed by atoms with Crippen molar-refractivity contribution in [2.45, 2.75) is 54.4 Å². The standard InChI is InChI=1S/C17H22O2/c1-8(2)14-9(3)10(4)15-11(5)12(6)17(18)19-16(15)13(14)7/h8H,1-7H3.